The van der Waals surface area contributed by atoms with E-state index in [1.165, 1.54) is 9.75 Å². The predicted molar refractivity (Wildman–Crippen MR) is 64.8 cm³/mol. The highest BCUT2D eigenvalue weighted by Crippen LogP contribution is 2.24. The van der Waals surface area contributed by atoms with Crippen molar-refractivity contribution in [2.24, 2.45) is 11.7 Å². The molecule has 0 fully saturated rings. The summed E-state index contributed by atoms with van der Waals surface area (Å²) in [5.74, 6) is 0.523. The third kappa shape index (κ3) is 2.82. The molecule has 14 heavy (non-hydrogen) atoms. The summed E-state index contributed by atoms with van der Waals surface area (Å²) >= 11 is 1.90. The molecule has 1 nitrogen and oxygen atoms in total. The minimum absolute atomic E-state index is 0.0735. The van der Waals surface area contributed by atoms with Gasteiger partial charge in [0.1, 0.15) is 0 Å². The van der Waals surface area contributed by atoms with Gasteiger partial charge in [0.25, 0.3) is 0 Å². The molecule has 1 rings (SSSR count). The lowest BCUT2D eigenvalue weighted by atomic mass is 9.86. The van der Waals surface area contributed by atoms with E-state index in [2.05, 4.69) is 39.8 Å². The van der Waals surface area contributed by atoms with Crippen LogP contribution >= 0.6 is 11.3 Å². The number of hydrogen-bond acceptors (Lipinski definition) is 2. The minimum atomic E-state index is -0.0735. The zero-order valence-electron chi connectivity index (χ0n) is 9.63. The average Bonchev–Trinajstić information content (AvgIpc) is 2.51. The van der Waals surface area contributed by atoms with E-state index in [0.29, 0.717) is 5.92 Å². The first-order valence-corrected chi connectivity index (χ1v) is 6.14. The Labute approximate surface area is 91.3 Å². The van der Waals surface area contributed by atoms with Gasteiger partial charge in [-0.3, -0.25) is 0 Å². The van der Waals surface area contributed by atoms with Crippen LogP contribution in [0.5, 0.6) is 0 Å². The van der Waals surface area contributed by atoms with Crippen LogP contribution in [0.2, 0.25) is 0 Å². The van der Waals surface area contributed by atoms with Gasteiger partial charge in [0.15, 0.2) is 0 Å². The molecule has 0 radical (unpaired) electrons. The molecule has 2 heteroatoms. The fourth-order valence-corrected chi connectivity index (χ4v) is 2.42. The van der Waals surface area contributed by atoms with Crippen LogP contribution in [0, 0.1) is 5.92 Å². The largest absolute Gasteiger partial charge is 0.325 e. The SMILES string of the molecule is CCc1ccc(CC(C)(N)C(C)C)s1. The van der Waals surface area contributed by atoms with Crippen molar-refractivity contribution in [3.63, 3.8) is 0 Å². The lowest BCUT2D eigenvalue weighted by molar-refractivity contribution is 0.340. The summed E-state index contributed by atoms with van der Waals surface area (Å²) in [5.41, 5.74) is 6.18. The average molecular weight is 211 g/mol. The third-order valence-corrected chi connectivity index (χ3v) is 4.17. The van der Waals surface area contributed by atoms with Gasteiger partial charge in [-0.1, -0.05) is 20.8 Å². The maximum Gasteiger partial charge on any atom is 0.0197 e. The molecular weight excluding hydrogens is 190 g/mol. The molecule has 0 amide bonds. The molecule has 0 aliphatic carbocycles. The summed E-state index contributed by atoms with van der Waals surface area (Å²) in [7, 11) is 0. The van der Waals surface area contributed by atoms with Gasteiger partial charge in [-0.15, -0.1) is 11.3 Å². The fourth-order valence-electron chi connectivity index (χ4n) is 1.29. The van der Waals surface area contributed by atoms with Gasteiger partial charge in [0, 0.05) is 15.3 Å². The van der Waals surface area contributed by atoms with Gasteiger partial charge in [-0.25, -0.2) is 0 Å². The highest BCUT2D eigenvalue weighted by molar-refractivity contribution is 7.12. The Morgan fingerprint density at radius 1 is 1.36 bits per heavy atom. The number of nitrogens with two attached hydrogens (primary N) is 1. The van der Waals surface area contributed by atoms with Crippen LogP contribution in [-0.4, -0.2) is 5.54 Å². The first kappa shape index (κ1) is 11.7. The first-order chi connectivity index (χ1) is 6.45. The Morgan fingerprint density at radius 3 is 2.36 bits per heavy atom. The van der Waals surface area contributed by atoms with Crippen LogP contribution < -0.4 is 5.73 Å². The highest BCUT2D eigenvalue weighted by atomic mass is 32.1. The second kappa shape index (κ2) is 4.45. The van der Waals surface area contributed by atoms with E-state index in [9.17, 15) is 0 Å². The van der Waals surface area contributed by atoms with Gasteiger partial charge < -0.3 is 5.73 Å². The van der Waals surface area contributed by atoms with Crippen molar-refractivity contribution in [3.8, 4) is 0 Å². The van der Waals surface area contributed by atoms with E-state index in [0.717, 1.165) is 12.8 Å². The van der Waals surface area contributed by atoms with Crippen molar-refractivity contribution in [1.82, 2.24) is 0 Å². The molecule has 1 atom stereocenters. The van der Waals surface area contributed by atoms with Crippen molar-refractivity contribution in [1.29, 1.82) is 0 Å². The van der Waals surface area contributed by atoms with E-state index in [1.54, 1.807) is 0 Å². The fraction of sp³-hybridized carbons (Fsp3) is 0.667. The smallest absolute Gasteiger partial charge is 0.0197 e. The summed E-state index contributed by atoms with van der Waals surface area (Å²) in [6.07, 6.45) is 2.13. The Morgan fingerprint density at radius 2 is 1.93 bits per heavy atom. The molecule has 0 aromatic carbocycles. The molecule has 2 N–H and O–H groups in total. The van der Waals surface area contributed by atoms with Gasteiger partial charge in [0.05, 0.1) is 0 Å². The van der Waals surface area contributed by atoms with Crippen LogP contribution in [0.1, 0.15) is 37.4 Å². The normalized spacial score (nSPS) is 15.9. The van der Waals surface area contributed by atoms with Crippen molar-refractivity contribution >= 4 is 11.3 Å². The lowest BCUT2D eigenvalue weighted by Gasteiger charge is -2.28. The molecule has 1 aromatic heterocycles. The van der Waals surface area contributed by atoms with E-state index >= 15 is 0 Å². The summed E-state index contributed by atoms with van der Waals surface area (Å²) in [6.45, 7) is 8.71. The van der Waals surface area contributed by atoms with Crippen LogP contribution in [-0.2, 0) is 12.8 Å². The van der Waals surface area contributed by atoms with Crippen LogP contribution in [0.15, 0.2) is 12.1 Å². The zero-order chi connectivity index (χ0) is 10.8. The molecule has 1 aromatic rings. The molecule has 0 spiro atoms. The number of aryl methyl sites for hydroxylation is 1. The Hall–Kier alpha value is -0.340. The Bertz CT molecular complexity index is 286. The standard InChI is InChI=1S/C12H21NS/c1-5-10-6-7-11(14-10)8-12(4,13)9(2)3/h6-7,9H,5,8,13H2,1-4H3. The topological polar surface area (TPSA) is 26.0 Å². The van der Waals surface area contributed by atoms with Gasteiger partial charge >= 0.3 is 0 Å². The number of thiophene rings is 1. The number of hydrogen-bond donors (Lipinski definition) is 1. The summed E-state index contributed by atoms with van der Waals surface area (Å²) < 4.78 is 0. The molecule has 0 bridgehead atoms. The maximum atomic E-state index is 6.25. The molecule has 1 heterocycles. The van der Waals surface area contributed by atoms with Gasteiger partial charge in [-0.2, -0.15) is 0 Å². The molecule has 1 unspecified atom stereocenters. The lowest BCUT2D eigenvalue weighted by Crippen LogP contribution is -2.43. The molecule has 80 valence electrons. The second-order valence-corrected chi connectivity index (χ2v) is 5.81. The zero-order valence-corrected chi connectivity index (χ0v) is 10.4. The quantitative estimate of drug-likeness (QED) is 0.813. The monoisotopic (exact) mass is 211 g/mol. The Kier molecular flexibility index (Phi) is 3.73. The van der Waals surface area contributed by atoms with E-state index < -0.39 is 0 Å². The molecule has 0 aliphatic rings. The molecule has 0 saturated heterocycles. The maximum absolute atomic E-state index is 6.25. The highest BCUT2D eigenvalue weighted by Gasteiger charge is 2.23. The van der Waals surface area contributed by atoms with Gasteiger partial charge in [-0.05, 0) is 37.8 Å². The first-order valence-electron chi connectivity index (χ1n) is 5.32. The van der Waals surface area contributed by atoms with Crippen molar-refractivity contribution < 1.29 is 0 Å². The third-order valence-electron chi connectivity index (χ3n) is 2.94. The summed E-state index contributed by atoms with van der Waals surface area (Å²) in [5, 5.41) is 0. The van der Waals surface area contributed by atoms with Crippen LogP contribution in [0.3, 0.4) is 0 Å². The predicted octanol–water partition coefficient (Wildman–Crippen LogP) is 3.23. The molecular formula is C12H21NS. The Balaban J connectivity index is 2.68. The van der Waals surface area contributed by atoms with Gasteiger partial charge in [0.2, 0.25) is 0 Å². The van der Waals surface area contributed by atoms with Crippen molar-refractivity contribution in [2.75, 3.05) is 0 Å². The van der Waals surface area contributed by atoms with Crippen molar-refractivity contribution in [3.05, 3.63) is 21.9 Å². The van der Waals surface area contributed by atoms with E-state index in [1.807, 2.05) is 11.3 Å². The van der Waals surface area contributed by atoms with E-state index in [4.69, 9.17) is 5.73 Å². The molecule has 0 aliphatic heterocycles. The summed E-state index contributed by atoms with van der Waals surface area (Å²) in [4.78, 5) is 2.88. The summed E-state index contributed by atoms with van der Waals surface area (Å²) in [6, 6.07) is 4.44. The second-order valence-electron chi connectivity index (χ2n) is 4.56. The van der Waals surface area contributed by atoms with E-state index in [-0.39, 0.29) is 5.54 Å². The van der Waals surface area contributed by atoms with Crippen LogP contribution in [0.25, 0.3) is 0 Å². The molecule has 0 saturated carbocycles. The van der Waals surface area contributed by atoms with Crippen molar-refractivity contribution in [2.45, 2.75) is 46.1 Å². The minimum Gasteiger partial charge on any atom is -0.325 e. The number of rotatable bonds is 4. The van der Waals surface area contributed by atoms with Crippen LogP contribution in [0.4, 0.5) is 0 Å².